The fourth-order valence-electron chi connectivity index (χ4n) is 6.20. The lowest BCUT2D eigenvalue weighted by Gasteiger charge is -2.58. The Morgan fingerprint density at radius 2 is 1.57 bits per heavy atom. The highest BCUT2D eigenvalue weighted by Gasteiger charge is 2.50. The fourth-order valence-corrected chi connectivity index (χ4v) is 6.48. The summed E-state index contributed by atoms with van der Waals surface area (Å²) >= 11 is 5.58. The van der Waals surface area contributed by atoms with Crippen LogP contribution in [0.1, 0.15) is 51.9 Å². The van der Waals surface area contributed by atoms with Crippen LogP contribution in [0.15, 0.2) is 0 Å². The average Bonchev–Trinajstić information content (AvgIpc) is 2.54. The van der Waals surface area contributed by atoms with Gasteiger partial charge in [0.05, 0.1) is 0 Å². The average molecular weight is 336 g/mol. The summed E-state index contributed by atoms with van der Waals surface area (Å²) in [6.07, 6.45) is 10.2. The highest BCUT2D eigenvalue weighted by Crippen LogP contribution is 2.55. The molecule has 1 N–H and O–H groups in total. The van der Waals surface area contributed by atoms with E-state index in [9.17, 15) is 0 Å². The van der Waals surface area contributed by atoms with Crippen LogP contribution < -0.4 is 5.32 Å². The largest absolute Gasteiger partial charge is 0.363 e. The van der Waals surface area contributed by atoms with Crippen LogP contribution in [0, 0.1) is 23.7 Å². The molecule has 5 rings (SSSR count). The van der Waals surface area contributed by atoms with Gasteiger partial charge in [0.2, 0.25) is 0 Å². The lowest BCUT2D eigenvalue weighted by Crippen LogP contribution is -2.61. The van der Waals surface area contributed by atoms with E-state index < -0.39 is 0 Å². The molecule has 5 fully saturated rings. The number of nitrogens with one attached hydrogen (secondary N) is 1. The lowest BCUT2D eigenvalue weighted by molar-refractivity contribution is -0.0727. The second kappa shape index (κ2) is 6.87. The molecular weight excluding hydrogens is 302 g/mol. The Balaban J connectivity index is 1.29. The maximum absolute atomic E-state index is 5.58. The number of hydrogen-bond donors (Lipinski definition) is 1. The third kappa shape index (κ3) is 3.26. The first-order chi connectivity index (χ1) is 11.2. The molecule has 0 atom stereocenters. The summed E-state index contributed by atoms with van der Waals surface area (Å²) in [4.78, 5) is 5.25. The Kier molecular flexibility index (Phi) is 4.82. The van der Waals surface area contributed by atoms with Gasteiger partial charge in [0, 0.05) is 38.8 Å². The monoisotopic (exact) mass is 335 g/mol. The topological polar surface area (TPSA) is 18.5 Å². The van der Waals surface area contributed by atoms with Crippen molar-refractivity contribution in [1.82, 2.24) is 15.1 Å². The van der Waals surface area contributed by atoms with Crippen molar-refractivity contribution in [1.29, 1.82) is 0 Å². The zero-order valence-electron chi connectivity index (χ0n) is 14.7. The minimum atomic E-state index is 0.909. The van der Waals surface area contributed by atoms with Gasteiger partial charge in [0.1, 0.15) is 0 Å². The molecule has 0 aromatic heterocycles. The summed E-state index contributed by atoms with van der Waals surface area (Å²) in [5.41, 5.74) is 0. The number of piperazine rings is 1. The molecule has 4 aliphatic carbocycles. The highest BCUT2D eigenvalue weighted by atomic mass is 32.1. The van der Waals surface area contributed by atoms with E-state index in [1.807, 2.05) is 0 Å². The molecular formula is C19H33N3S. The first kappa shape index (κ1) is 16.1. The lowest BCUT2D eigenvalue weighted by atomic mass is 9.54. The predicted molar refractivity (Wildman–Crippen MR) is 99.5 cm³/mol. The van der Waals surface area contributed by atoms with Crippen molar-refractivity contribution in [2.75, 3.05) is 32.7 Å². The molecule has 130 valence electrons. The molecule has 0 radical (unpaired) electrons. The summed E-state index contributed by atoms with van der Waals surface area (Å²) in [5.74, 6) is 4.22. The van der Waals surface area contributed by atoms with Gasteiger partial charge in [-0.3, -0.25) is 4.90 Å². The van der Waals surface area contributed by atoms with Crippen LogP contribution in [0.25, 0.3) is 0 Å². The maximum Gasteiger partial charge on any atom is 0.169 e. The maximum atomic E-state index is 5.58. The van der Waals surface area contributed by atoms with Crippen molar-refractivity contribution in [2.24, 2.45) is 23.7 Å². The molecule has 1 heterocycles. The van der Waals surface area contributed by atoms with Crippen molar-refractivity contribution < 1.29 is 0 Å². The zero-order valence-corrected chi connectivity index (χ0v) is 15.5. The molecule has 23 heavy (non-hydrogen) atoms. The molecule has 4 saturated carbocycles. The predicted octanol–water partition coefficient (Wildman–Crippen LogP) is 3.10. The standard InChI is InChI=1S/C19H33N3S/c1-2-3-4-20-19(23)22-7-5-21(6-8-22)18-16-10-14-9-15(12-16)13-17(18)11-14/h14-18H,2-13H2,1H3,(H,20,23). The number of unbranched alkanes of at least 4 members (excludes halogenated alkanes) is 1. The molecule has 1 saturated heterocycles. The Labute approximate surface area is 147 Å². The Hall–Kier alpha value is -0.350. The second-order valence-corrected chi connectivity index (χ2v) is 8.92. The Morgan fingerprint density at radius 1 is 0.957 bits per heavy atom. The normalized spacial score (nSPS) is 39.7. The van der Waals surface area contributed by atoms with Crippen LogP contribution in [0.3, 0.4) is 0 Å². The third-order valence-corrected chi connectivity index (χ3v) is 7.41. The SMILES string of the molecule is CCCCNC(=S)N1CCN(C2C3CC4CC(C3)CC2C4)CC1. The van der Waals surface area contributed by atoms with E-state index in [0.29, 0.717) is 0 Å². The van der Waals surface area contributed by atoms with Gasteiger partial charge in [-0.15, -0.1) is 0 Å². The molecule has 0 aromatic carbocycles. The third-order valence-electron chi connectivity index (χ3n) is 7.01. The number of hydrogen-bond acceptors (Lipinski definition) is 2. The zero-order chi connectivity index (χ0) is 15.8. The molecule has 0 aromatic rings. The summed E-state index contributed by atoms with van der Waals surface area (Å²) in [6.45, 7) is 7.96. The summed E-state index contributed by atoms with van der Waals surface area (Å²) in [5, 5.41) is 4.43. The van der Waals surface area contributed by atoms with E-state index >= 15 is 0 Å². The van der Waals surface area contributed by atoms with Gasteiger partial charge in [-0.25, -0.2) is 0 Å². The van der Waals surface area contributed by atoms with Gasteiger partial charge in [-0.05, 0) is 74.4 Å². The molecule has 3 nitrogen and oxygen atoms in total. The highest BCUT2D eigenvalue weighted by molar-refractivity contribution is 7.80. The van der Waals surface area contributed by atoms with Gasteiger partial charge in [-0.1, -0.05) is 13.3 Å². The van der Waals surface area contributed by atoms with E-state index in [1.165, 1.54) is 51.6 Å². The molecule has 0 unspecified atom stereocenters. The van der Waals surface area contributed by atoms with Crippen molar-refractivity contribution in [3.63, 3.8) is 0 Å². The van der Waals surface area contributed by atoms with E-state index in [1.54, 1.807) is 6.42 Å². The van der Waals surface area contributed by atoms with Gasteiger partial charge >= 0.3 is 0 Å². The summed E-state index contributed by atoms with van der Waals surface area (Å²) in [6, 6.07) is 0.909. The molecule has 0 spiro atoms. The number of rotatable bonds is 4. The number of thiocarbonyl (C=S) groups is 1. The van der Waals surface area contributed by atoms with Crippen molar-refractivity contribution in [3.05, 3.63) is 0 Å². The van der Waals surface area contributed by atoms with Crippen molar-refractivity contribution in [3.8, 4) is 0 Å². The fraction of sp³-hybridized carbons (Fsp3) is 0.947. The van der Waals surface area contributed by atoms with Crippen molar-refractivity contribution in [2.45, 2.75) is 57.9 Å². The van der Waals surface area contributed by atoms with E-state index in [0.717, 1.165) is 54.5 Å². The molecule has 1 aliphatic heterocycles. The first-order valence-electron chi connectivity index (χ1n) is 10.0. The van der Waals surface area contributed by atoms with Crippen LogP contribution >= 0.6 is 12.2 Å². The molecule has 0 amide bonds. The van der Waals surface area contributed by atoms with Crippen LogP contribution in [0.2, 0.25) is 0 Å². The minimum Gasteiger partial charge on any atom is -0.363 e. The Bertz CT molecular complexity index is 402. The van der Waals surface area contributed by atoms with E-state index in [2.05, 4.69) is 22.0 Å². The van der Waals surface area contributed by atoms with E-state index in [4.69, 9.17) is 12.2 Å². The van der Waals surface area contributed by atoms with Crippen LogP contribution in [-0.2, 0) is 0 Å². The van der Waals surface area contributed by atoms with Gasteiger partial charge < -0.3 is 10.2 Å². The summed E-state index contributed by atoms with van der Waals surface area (Å²) < 4.78 is 0. The van der Waals surface area contributed by atoms with Crippen LogP contribution in [0.4, 0.5) is 0 Å². The summed E-state index contributed by atoms with van der Waals surface area (Å²) in [7, 11) is 0. The van der Waals surface area contributed by atoms with Gasteiger partial charge in [-0.2, -0.15) is 0 Å². The molecule has 5 aliphatic rings. The van der Waals surface area contributed by atoms with Crippen LogP contribution in [0.5, 0.6) is 0 Å². The van der Waals surface area contributed by atoms with Gasteiger partial charge in [0.15, 0.2) is 5.11 Å². The quantitative estimate of drug-likeness (QED) is 0.628. The Morgan fingerprint density at radius 3 is 2.13 bits per heavy atom. The minimum absolute atomic E-state index is 0.909. The number of nitrogens with zero attached hydrogens (tertiary/aromatic N) is 2. The second-order valence-electron chi connectivity index (χ2n) is 8.53. The smallest absolute Gasteiger partial charge is 0.169 e. The van der Waals surface area contributed by atoms with Gasteiger partial charge in [0.25, 0.3) is 0 Å². The first-order valence-corrected chi connectivity index (χ1v) is 10.4. The molecule has 4 bridgehead atoms. The van der Waals surface area contributed by atoms with Crippen LogP contribution in [-0.4, -0.2) is 53.7 Å². The van der Waals surface area contributed by atoms with E-state index in [-0.39, 0.29) is 0 Å². The van der Waals surface area contributed by atoms with Crippen molar-refractivity contribution >= 4 is 17.3 Å². The molecule has 4 heteroatoms.